The first-order chi connectivity index (χ1) is 6.45. The summed E-state index contributed by atoms with van der Waals surface area (Å²) in [5.74, 6) is -0.706. The number of benzene rings is 1. The third-order valence-electron chi connectivity index (χ3n) is 1.65. The number of ketones is 1. The Morgan fingerprint density at radius 3 is 2.14 bits per heavy atom. The van der Waals surface area contributed by atoms with Crippen LogP contribution in [0, 0.1) is 0 Å². The summed E-state index contributed by atoms with van der Waals surface area (Å²) in [6.07, 6.45) is 0. The molecule has 2 N–H and O–H groups in total. The second kappa shape index (κ2) is 4.00. The second-order valence-electron chi connectivity index (χ2n) is 2.65. The van der Waals surface area contributed by atoms with Gasteiger partial charge in [-0.25, -0.2) is 4.39 Å². The molecule has 1 aromatic carbocycles. The van der Waals surface area contributed by atoms with Crippen molar-refractivity contribution < 1.29 is 23.5 Å². The van der Waals surface area contributed by atoms with E-state index in [0.29, 0.717) is 0 Å². The molecule has 0 aliphatic rings. The van der Waals surface area contributed by atoms with Gasteiger partial charge in [0.15, 0.2) is 12.5 Å². The summed E-state index contributed by atoms with van der Waals surface area (Å²) < 4.78 is 22.6. The van der Waals surface area contributed by atoms with Crippen molar-refractivity contribution in [1.82, 2.24) is 0 Å². The predicted molar refractivity (Wildman–Crippen MR) is 48.4 cm³/mol. The van der Waals surface area contributed by atoms with Crippen LogP contribution in [-0.2, 0) is 4.57 Å². The number of rotatable bonds is 3. The standard InChI is InChI=1S/C8H8FO4P/c9-5-8(10)6-1-3-7(4-2-6)14(11,12)13/h1-4H,5H2,(H2,11,12,13). The molecule has 0 radical (unpaired) electrons. The summed E-state index contributed by atoms with van der Waals surface area (Å²) in [5, 5.41) is -0.187. The SMILES string of the molecule is O=C(CF)c1ccc(P(=O)(O)O)cc1. The molecule has 0 aliphatic carbocycles. The summed E-state index contributed by atoms with van der Waals surface area (Å²) >= 11 is 0. The number of alkyl halides is 1. The van der Waals surface area contributed by atoms with Gasteiger partial charge < -0.3 is 9.79 Å². The van der Waals surface area contributed by atoms with Crippen molar-refractivity contribution in [1.29, 1.82) is 0 Å². The molecule has 4 nitrogen and oxygen atoms in total. The van der Waals surface area contributed by atoms with Crippen molar-refractivity contribution in [2.45, 2.75) is 0 Å². The van der Waals surface area contributed by atoms with E-state index in [-0.39, 0.29) is 10.9 Å². The highest BCUT2D eigenvalue weighted by molar-refractivity contribution is 7.60. The molecule has 0 unspecified atom stereocenters. The lowest BCUT2D eigenvalue weighted by Crippen LogP contribution is -2.06. The fourth-order valence-electron chi connectivity index (χ4n) is 0.919. The third kappa shape index (κ3) is 2.48. The van der Waals surface area contributed by atoms with Crippen LogP contribution in [0.4, 0.5) is 4.39 Å². The highest BCUT2D eigenvalue weighted by Crippen LogP contribution is 2.32. The van der Waals surface area contributed by atoms with E-state index in [4.69, 9.17) is 9.79 Å². The second-order valence-corrected chi connectivity index (χ2v) is 4.25. The number of Topliss-reactive ketones (excluding diaryl/α,β-unsaturated/α-hetero) is 1. The van der Waals surface area contributed by atoms with Gasteiger partial charge in [-0.15, -0.1) is 0 Å². The highest BCUT2D eigenvalue weighted by atomic mass is 31.2. The third-order valence-corrected chi connectivity index (χ3v) is 2.62. The summed E-state index contributed by atoms with van der Waals surface area (Å²) in [5.41, 5.74) is 0.102. The normalized spacial score (nSPS) is 11.4. The molecule has 0 aliphatic heterocycles. The van der Waals surface area contributed by atoms with Crippen molar-refractivity contribution in [3.63, 3.8) is 0 Å². The highest BCUT2D eigenvalue weighted by Gasteiger charge is 2.16. The number of carbonyl (C=O) groups is 1. The molecule has 0 aromatic heterocycles. The Morgan fingerprint density at radius 2 is 1.79 bits per heavy atom. The van der Waals surface area contributed by atoms with Crippen LogP contribution in [0.25, 0.3) is 0 Å². The lowest BCUT2D eigenvalue weighted by atomic mass is 10.1. The Bertz CT molecular complexity index is 381. The number of halogens is 1. The number of carbonyl (C=O) groups excluding carboxylic acids is 1. The van der Waals surface area contributed by atoms with E-state index in [1.54, 1.807) is 0 Å². The van der Waals surface area contributed by atoms with Gasteiger partial charge >= 0.3 is 7.60 Å². The van der Waals surface area contributed by atoms with Gasteiger partial charge in [0, 0.05) is 5.56 Å². The summed E-state index contributed by atoms with van der Waals surface area (Å²) in [7, 11) is -4.28. The molecule has 0 saturated carbocycles. The van der Waals surface area contributed by atoms with Gasteiger partial charge in [-0.05, 0) is 12.1 Å². The fraction of sp³-hybridized carbons (Fsp3) is 0.125. The summed E-state index contributed by atoms with van der Waals surface area (Å²) in [4.78, 5) is 28.3. The maximum absolute atomic E-state index is 11.9. The molecule has 0 fully saturated rings. The lowest BCUT2D eigenvalue weighted by Gasteiger charge is -2.03. The monoisotopic (exact) mass is 218 g/mol. The molecule has 0 amide bonds. The summed E-state index contributed by atoms with van der Waals surface area (Å²) in [6, 6.07) is 4.61. The maximum Gasteiger partial charge on any atom is 0.356 e. The zero-order valence-corrected chi connectivity index (χ0v) is 7.95. The summed E-state index contributed by atoms with van der Waals surface area (Å²) in [6.45, 7) is -1.12. The van der Waals surface area contributed by atoms with Crippen LogP contribution in [0.5, 0.6) is 0 Å². The molecule has 1 aromatic rings. The van der Waals surface area contributed by atoms with Gasteiger partial charge in [0.1, 0.15) is 0 Å². The van der Waals surface area contributed by atoms with Crippen molar-refractivity contribution in [3.8, 4) is 0 Å². The van der Waals surface area contributed by atoms with Crippen LogP contribution in [-0.4, -0.2) is 22.2 Å². The van der Waals surface area contributed by atoms with Crippen LogP contribution in [0.1, 0.15) is 10.4 Å². The largest absolute Gasteiger partial charge is 0.356 e. The van der Waals surface area contributed by atoms with Crippen LogP contribution >= 0.6 is 7.60 Å². The fourth-order valence-corrected chi connectivity index (χ4v) is 1.46. The van der Waals surface area contributed by atoms with Gasteiger partial charge in [0.25, 0.3) is 0 Å². The molecule has 1 rings (SSSR count). The smallest absolute Gasteiger partial charge is 0.321 e. The van der Waals surface area contributed by atoms with Crippen LogP contribution in [0.2, 0.25) is 0 Å². The molecule has 76 valence electrons. The molecular weight excluding hydrogens is 210 g/mol. The minimum atomic E-state index is -4.28. The Morgan fingerprint density at radius 1 is 1.29 bits per heavy atom. The van der Waals surface area contributed by atoms with Gasteiger partial charge in [-0.2, -0.15) is 0 Å². The lowest BCUT2D eigenvalue weighted by molar-refractivity contribution is 0.0958. The van der Waals surface area contributed by atoms with E-state index >= 15 is 0 Å². The molecule has 14 heavy (non-hydrogen) atoms. The Balaban J connectivity index is 3.01. The molecule has 0 bridgehead atoms. The topological polar surface area (TPSA) is 74.6 Å². The van der Waals surface area contributed by atoms with E-state index < -0.39 is 20.1 Å². The van der Waals surface area contributed by atoms with Gasteiger partial charge in [-0.1, -0.05) is 12.1 Å². The van der Waals surface area contributed by atoms with Crippen molar-refractivity contribution >= 4 is 18.7 Å². The number of hydrogen-bond donors (Lipinski definition) is 2. The predicted octanol–water partition coefficient (Wildman–Crippen LogP) is 0.642. The molecule has 0 spiro atoms. The van der Waals surface area contributed by atoms with Crippen molar-refractivity contribution in [2.75, 3.05) is 6.67 Å². The molecule has 0 atom stereocenters. The Kier molecular flexibility index (Phi) is 3.16. The van der Waals surface area contributed by atoms with Crippen LogP contribution in [0.3, 0.4) is 0 Å². The average molecular weight is 218 g/mol. The zero-order valence-electron chi connectivity index (χ0n) is 7.05. The van der Waals surface area contributed by atoms with E-state index in [2.05, 4.69) is 0 Å². The quantitative estimate of drug-likeness (QED) is 0.576. The Hall–Kier alpha value is -1.03. The van der Waals surface area contributed by atoms with Crippen LogP contribution in [0.15, 0.2) is 24.3 Å². The van der Waals surface area contributed by atoms with E-state index in [1.807, 2.05) is 0 Å². The first-order valence-electron chi connectivity index (χ1n) is 3.70. The van der Waals surface area contributed by atoms with Gasteiger partial charge in [0.05, 0.1) is 5.30 Å². The molecular formula is C8H8FO4P. The molecule has 0 saturated heterocycles. The minimum absolute atomic E-state index is 0.102. The first-order valence-corrected chi connectivity index (χ1v) is 5.31. The van der Waals surface area contributed by atoms with Gasteiger partial charge in [0.2, 0.25) is 0 Å². The number of hydrogen-bond acceptors (Lipinski definition) is 2. The first kappa shape index (κ1) is 11.0. The van der Waals surface area contributed by atoms with Crippen LogP contribution < -0.4 is 5.30 Å². The van der Waals surface area contributed by atoms with Gasteiger partial charge in [-0.3, -0.25) is 9.36 Å². The van der Waals surface area contributed by atoms with Crippen molar-refractivity contribution in [2.24, 2.45) is 0 Å². The zero-order chi connectivity index (χ0) is 10.8. The van der Waals surface area contributed by atoms with E-state index in [9.17, 15) is 13.8 Å². The van der Waals surface area contributed by atoms with Crippen molar-refractivity contribution in [3.05, 3.63) is 29.8 Å². The minimum Gasteiger partial charge on any atom is -0.321 e. The molecule has 6 heteroatoms. The van der Waals surface area contributed by atoms with E-state index in [0.717, 1.165) is 12.1 Å². The van der Waals surface area contributed by atoms with E-state index in [1.165, 1.54) is 12.1 Å². The maximum atomic E-state index is 11.9. The molecule has 0 heterocycles. The average Bonchev–Trinajstić information content (AvgIpc) is 2.15. The Labute approximate surface area is 79.5 Å².